The molecule has 0 saturated carbocycles. The molecule has 0 unspecified atom stereocenters. The number of primary amides is 1. The number of carbonyl (C=O) groups excluding carboxylic acids is 2. The zero-order chi connectivity index (χ0) is 20.2. The second-order valence-electron chi connectivity index (χ2n) is 7.55. The largest absolute Gasteiger partial charge is 0.486 e. The van der Waals surface area contributed by atoms with E-state index < -0.39 is 11.5 Å². The van der Waals surface area contributed by atoms with Crippen molar-refractivity contribution in [1.29, 1.82) is 0 Å². The number of hydrogen-bond donors (Lipinski definition) is 3. The minimum atomic E-state index is -0.577. The van der Waals surface area contributed by atoms with E-state index in [9.17, 15) is 9.59 Å². The van der Waals surface area contributed by atoms with Gasteiger partial charge in [-0.1, -0.05) is 0 Å². The van der Waals surface area contributed by atoms with Crippen molar-refractivity contribution < 1.29 is 14.3 Å². The molecule has 0 spiro atoms. The molecular formula is C19H22N6O3. The van der Waals surface area contributed by atoms with Crippen LogP contribution in [0.1, 0.15) is 52.9 Å². The summed E-state index contributed by atoms with van der Waals surface area (Å²) in [7, 11) is 0. The Kier molecular flexibility index (Phi) is 3.91. The Morgan fingerprint density at radius 1 is 1.39 bits per heavy atom. The molecule has 146 valence electrons. The van der Waals surface area contributed by atoms with Gasteiger partial charge in [-0.05, 0) is 39.8 Å². The molecule has 0 aliphatic carbocycles. The highest BCUT2D eigenvalue weighted by Gasteiger charge is 2.35. The van der Waals surface area contributed by atoms with Gasteiger partial charge in [0.1, 0.15) is 17.0 Å². The lowest BCUT2D eigenvalue weighted by Crippen LogP contribution is -2.25. The second kappa shape index (κ2) is 6.08. The molecule has 1 aliphatic heterocycles. The minimum Gasteiger partial charge on any atom is -0.486 e. The van der Waals surface area contributed by atoms with Crippen molar-refractivity contribution in [3.05, 3.63) is 34.6 Å². The van der Waals surface area contributed by atoms with Crippen LogP contribution in [-0.2, 0) is 13.0 Å². The fourth-order valence-corrected chi connectivity index (χ4v) is 3.61. The van der Waals surface area contributed by atoms with Crippen LogP contribution in [-0.4, -0.2) is 37.2 Å². The van der Waals surface area contributed by atoms with Crippen molar-refractivity contribution in [3.8, 4) is 5.75 Å². The van der Waals surface area contributed by atoms with E-state index >= 15 is 0 Å². The number of aromatic nitrogens is 4. The fourth-order valence-electron chi connectivity index (χ4n) is 3.61. The number of anilines is 1. The summed E-state index contributed by atoms with van der Waals surface area (Å²) in [5, 5.41) is 7.06. The SMILES string of the molecule is CCn1nc(C)cc1C(=O)Nc1nc2cc(C(N)=O)c3c(c2[nH]1)CC(C)(C)O3. The van der Waals surface area contributed by atoms with Crippen molar-refractivity contribution in [1.82, 2.24) is 19.7 Å². The summed E-state index contributed by atoms with van der Waals surface area (Å²) < 4.78 is 7.57. The molecule has 4 N–H and O–H groups in total. The number of nitrogens with two attached hydrogens (primary N) is 1. The molecule has 0 bridgehead atoms. The van der Waals surface area contributed by atoms with Crippen LogP contribution in [0, 0.1) is 6.92 Å². The first-order chi connectivity index (χ1) is 13.2. The molecule has 0 saturated heterocycles. The summed E-state index contributed by atoms with van der Waals surface area (Å²) in [5.74, 6) is -0.127. The lowest BCUT2D eigenvalue weighted by molar-refractivity contribution is 0.0982. The molecule has 2 amide bonds. The first-order valence-corrected chi connectivity index (χ1v) is 9.08. The number of ether oxygens (including phenoxy) is 1. The smallest absolute Gasteiger partial charge is 0.276 e. The Morgan fingerprint density at radius 2 is 2.14 bits per heavy atom. The maximum Gasteiger partial charge on any atom is 0.276 e. The summed E-state index contributed by atoms with van der Waals surface area (Å²) in [6.07, 6.45) is 0.595. The topological polar surface area (TPSA) is 128 Å². The summed E-state index contributed by atoms with van der Waals surface area (Å²) in [4.78, 5) is 32.1. The lowest BCUT2D eigenvalue weighted by atomic mass is 9.99. The van der Waals surface area contributed by atoms with Gasteiger partial charge in [0.15, 0.2) is 0 Å². The number of nitrogens with zero attached hydrogens (tertiary/aromatic N) is 3. The van der Waals surface area contributed by atoms with E-state index in [1.165, 1.54) is 0 Å². The number of imidazole rings is 1. The predicted octanol–water partition coefficient (Wildman–Crippen LogP) is 2.15. The standard InChI is InChI=1S/C19H22N6O3/c1-5-25-13(6-9(2)24-25)17(27)23-18-21-12-7-10(16(20)26)15-11(14(12)22-18)8-19(3,4)28-15/h6-7H,5,8H2,1-4H3,(H2,20,26)(H2,21,22,23,27). The third-order valence-electron chi connectivity index (χ3n) is 4.75. The molecule has 0 radical (unpaired) electrons. The van der Waals surface area contributed by atoms with Crippen LogP contribution in [0.3, 0.4) is 0 Å². The number of carbonyl (C=O) groups is 2. The molecule has 0 fully saturated rings. The van der Waals surface area contributed by atoms with Gasteiger partial charge in [0.2, 0.25) is 5.95 Å². The number of hydrogen-bond acceptors (Lipinski definition) is 5. The third kappa shape index (κ3) is 2.88. The van der Waals surface area contributed by atoms with Gasteiger partial charge in [0.25, 0.3) is 11.8 Å². The van der Waals surface area contributed by atoms with Gasteiger partial charge < -0.3 is 15.5 Å². The number of rotatable bonds is 4. The van der Waals surface area contributed by atoms with Crippen LogP contribution < -0.4 is 15.8 Å². The van der Waals surface area contributed by atoms with Crippen LogP contribution in [0.25, 0.3) is 11.0 Å². The Labute approximate surface area is 161 Å². The fraction of sp³-hybridized carbons (Fsp3) is 0.368. The molecule has 9 heteroatoms. The zero-order valence-electron chi connectivity index (χ0n) is 16.2. The van der Waals surface area contributed by atoms with E-state index in [-0.39, 0.29) is 17.4 Å². The summed E-state index contributed by atoms with van der Waals surface area (Å²) in [6.45, 7) is 8.22. The van der Waals surface area contributed by atoms with Crippen molar-refractivity contribution >= 4 is 28.8 Å². The first kappa shape index (κ1) is 18.0. The maximum atomic E-state index is 12.7. The van der Waals surface area contributed by atoms with Crippen molar-refractivity contribution in [2.24, 2.45) is 5.73 Å². The predicted molar refractivity (Wildman–Crippen MR) is 104 cm³/mol. The van der Waals surface area contributed by atoms with E-state index in [4.69, 9.17) is 10.5 Å². The Hall–Kier alpha value is -3.36. The molecule has 28 heavy (non-hydrogen) atoms. The van der Waals surface area contributed by atoms with Gasteiger partial charge in [-0.25, -0.2) is 4.98 Å². The molecule has 0 atom stereocenters. The van der Waals surface area contributed by atoms with Crippen molar-refractivity contribution in [2.45, 2.75) is 46.3 Å². The molecule has 1 aliphatic rings. The van der Waals surface area contributed by atoms with Gasteiger partial charge in [-0.15, -0.1) is 0 Å². The van der Waals surface area contributed by atoms with E-state index in [1.54, 1.807) is 16.8 Å². The van der Waals surface area contributed by atoms with E-state index in [2.05, 4.69) is 20.4 Å². The Bertz CT molecular complexity index is 1120. The van der Waals surface area contributed by atoms with E-state index in [0.717, 1.165) is 16.8 Å². The second-order valence-corrected chi connectivity index (χ2v) is 7.55. The average Bonchev–Trinajstić information content (AvgIpc) is 3.26. The normalized spacial score (nSPS) is 14.7. The first-order valence-electron chi connectivity index (χ1n) is 9.08. The Morgan fingerprint density at radius 3 is 2.82 bits per heavy atom. The highest BCUT2D eigenvalue weighted by molar-refractivity contribution is 6.04. The van der Waals surface area contributed by atoms with E-state index in [1.807, 2.05) is 27.7 Å². The number of amides is 2. The number of H-pyrrole nitrogens is 1. The third-order valence-corrected chi connectivity index (χ3v) is 4.75. The zero-order valence-corrected chi connectivity index (χ0v) is 16.2. The molecule has 2 aromatic heterocycles. The van der Waals surface area contributed by atoms with E-state index in [0.29, 0.717) is 29.9 Å². The summed E-state index contributed by atoms with van der Waals surface area (Å²) in [6, 6.07) is 3.31. The van der Waals surface area contributed by atoms with Crippen LogP contribution in [0.5, 0.6) is 5.75 Å². The van der Waals surface area contributed by atoms with Crippen LogP contribution >= 0.6 is 0 Å². The minimum absolute atomic E-state index is 0.287. The van der Waals surface area contributed by atoms with Crippen LogP contribution in [0.2, 0.25) is 0 Å². The van der Waals surface area contributed by atoms with Gasteiger partial charge in [-0.3, -0.25) is 19.6 Å². The van der Waals surface area contributed by atoms with Gasteiger partial charge in [0.05, 0.1) is 22.3 Å². The van der Waals surface area contributed by atoms with Gasteiger partial charge >= 0.3 is 0 Å². The highest BCUT2D eigenvalue weighted by Crippen LogP contribution is 2.41. The molecule has 3 heterocycles. The monoisotopic (exact) mass is 382 g/mol. The van der Waals surface area contributed by atoms with Crippen LogP contribution in [0.15, 0.2) is 12.1 Å². The number of nitrogens with one attached hydrogen (secondary N) is 2. The van der Waals surface area contributed by atoms with Crippen molar-refractivity contribution in [2.75, 3.05) is 5.32 Å². The molecule has 1 aromatic carbocycles. The molecular weight excluding hydrogens is 360 g/mol. The van der Waals surface area contributed by atoms with Gasteiger partial charge in [-0.2, -0.15) is 5.10 Å². The van der Waals surface area contributed by atoms with Gasteiger partial charge in [0, 0.05) is 18.5 Å². The number of aryl methyl sites for hydroxylation is 2. The molecule has 4 rings (SSSR count). The quantitative estimate of drug-likeness (QED) is 0.637. The molecule has 9 nitrogen and oxygen atoms in total. The number of benzene rings is 1. The summed E-state index contributed by atoms with van der Waals surface area (Å²) >= 11 is 0. The number of aromatic amines is 1. The average molecular weight is 382 g/mol. The van der Waals surface area contributed by atoms with Crippen LogP contribution in [0.4, 0.5) is 5.95 Å². The summed E-state index contributed by atoms with van der Waals surface area (Å²) in [5.41, 5.74) is 8.68. The maximum absolute atomic E-state index is 12.7. The van der Waals surface area contributed by atoms with Crippen molar-refractivity contribution in [3.63, 3.8) is 0 Å². The number of fused-ring (bicyclic) bond motifs is 3. The highest BCUT2D eigenvalue weighted by atomic mass is 16.5. The lowest BCUT2D eigenvalue weighted by Gasteiger charge is -2.17. The molecule has 3 aromatic rings. The Balaban J connectivity index is 1.75.